The number of anilines is 2. The van der Waals surface area contributed by atoms with Gasteiger partial charge in [-0.15, -0.1) is 0 Å². The van der Waals surface area contributed by atoms with Crippen LogP contribution in [0.3, 0.4) is 0 Å². The van der Waals surface area contributed by atoms with Crippen LogP contribution < -0.4 is 34.0 Å². The van der Waals surface area contributed by atoms with Gasteiger partial charge in [-0.1, -0.05) is 6.07 Å². The molecule has 0 aliphatic carbocycles. The molecule has 0 radical (unpaired) electrons. The van der Waals surface area contributed by atoms with E-state index in [-0.39, 0.29) is 17.7 Å². The van der Waals surface area contributed by atoms with Crippen LogP contribution in [0, 0.1) is 11.7 Å². The maximum absolute atomic E-state index is 13.6. The average Bonchev–Trinajstić information content (AvgIpc) is 2.81. The Kier molecular flexibility index (Phi) is 6.12. The van der Waals surface area contributed by atoms with Crippen molar-refractivity contribution >= 4 is 23.0 Å². The number of hydrogen-bond donors (Lipinski definition) is 5. The minimum atomic E-state index is -0.447. The smallest absolute Gasteiger partial charge is 0.177 e. The van der Waals surface area contributed by atoms with Crippen LogP contribution in [-0.4, -0.2) is 46.4 Å². The molecule has 3 saturated heterocycles. The van der Waals surface area contributed by atoms with E-state index in [1.54, 1.807) is 29.5 Å². The summed E-state index contributed by atoms with van der Waals surface area (Å²) in [6.07, 6.45) is 5.55. The summed E-state index contributed by atoms with van der Waals surface area (Å²) in [5, 5.41) is 6.60. The van der Waals surface area contributed by atoms with Gasteiger partial charge in [0.25, 0.3) is 0 Å². The van der Waals surface area contributed by atoms with Gasteiger partial charge in [0, 0.05) is 24.5 Å². The number of benzene rings is 1. The fourth-order valence-electron chi connectivity index (χ4n) is 4.42. The second-order valence-electron chi connectivity index (χ2n) is 8.20. The van der Waals surface area contributed by atoms with Gasteiger partial charge in [0.15, 0.2) is 5.84 Å². The molecule has 0 saturated carbocycles. The number of halogens is 1. The number of piperidine rings is 3. The van der Waals surface area contributed by atoms with E-state index in [4.69, 9.17) is 29.0 Å². The maximum Gasteiger partial charge on any atom is 0.177 e. The minimum Gasteiger partial charge on any atom is -0.397 e. The molecule has 2 bridgehead atoms. The first-order valence-corrected chi connectivity index (χ1v) is 10.4. The van der Waals surface area contributed by atoms with Crippen molar-refractivity contribution in [3.05, 3.63) is 59.7 Å². The third-order valence-corrected chi connectivity index (χ3v) is 6.22. The summed E-state index contributed by atoms with van der Waals surface area (Å²) in [4.78, 5) is 6.64. The van der Waals surface area contributed by atoms with Crippen molar-refractivity contribution in [2.75, 3.05) is 30.4 Å². The van der Waals surface area contributed by atoms with Crippen LogP contribution in [0.15, 0.2) is 47.8 Å². The van der Waals surface area contributed by atoms with E-state index in [0.717, 1.165) is 37.5 Å². The number of amidine groups is 1. The maximum atomic E-state index is 13.6. The zero-order valence-electron chi connectivity index (χ0n) is 17.7. The zero-order chi connectivity index (χ0) is 22.8. The number of nitrogen functional groups attached to an aromatic ring is 1. The Balaban J connectivity index is 1.59. The lowest BCUT2D eigenvalue weighted by atomic mass is 9.84. The van der Waals surface area contributed by atoms with E-state index >= 15 is 0 Å². The highest BCUT2D eigenvalue weighted by atomic mass is 19.1. The van der Waals surface area contributed by atoms with Crippen molar-refractivity contribution in [3.8, 4) is 0 Å². The molecular formula is C21H29FN10. The molecule has 170 valence electrons. The van der Waals surface area contributed by atoms with Crippen molar-refractivity contribution in [2.24, 2.45) is 34.3 Å². The van der Waals surface area contributed by atoms with Crippen LogP contribution >= 0.6 is 0 Å². The second kappa shape index (κ2) is 8.99. The Labute approximate surface area is 186 Å². The molecule has 3 aliphatic rings. The Morgan fingerprint density at radius 2 is 1.97 bits per heavy atom. The molecule has 11 heteroatoms. The normalized spacial score (nSPS) is 23.3. The van der Waals surface area contributed by atoms with Crippen LogP contribution in [0.5, 0.6) is 0 Å². The zero-order valence-corrected chi connectivity index (χ0v) is 17.7. The van der Waals surface area contributed by atoms with Gasteiger partial charge in [-0.3, -0.25) is 5.01 Å². The summed E-state index contributed by atoms with van der Waals surface area (Å²) < 4.78 is 13.6. The first-order chi connectivity index (χ1) is 15.4. The summed E-state index contributed by atoms with van der Waals surface area (Å²) in [6.45, 7) is 3.18. The van der Waals surface area contributed by atoms with Crippen LogP contribution in [-0.2, 0) is 0 Å². The Bertz CT molecular complexity index is 1030. The molecule has 1 aromatic carbocycles. The summed E-state index contributed by atoms with van der Waals surface area (Å²) in [6, 6.07) is 7.62. The van der Waals surface area contributed by atoms with Gasteiger partial charge < -0.3 is 27.2 Å². The van der Waals surface area contributed by atoms with Gasteiger partial charge in [0.05, 0.1) is 23.0 Å². The van der Waals surface area contributed by atoms with E-state index in [2.05, 4.69) is 15.0 Å². The fraction of sp³-hybridized carbons (Fsp3) is 0.333. The van der Waals surface area contributed by atoms with Crippen molar-refractivity contribution in [1.29, 1.82) is 0 Å². The van der Waals surface area contributed by atoms with Crippen molar-refractivity contribution in [2.45, 2.75) is 18.9 Å². The molecule has 1 unspecified atom stereocenters. The number of nitrogens with zero attached hydrogens (tertiary/aromatic N) is 5. The lowest BCUT2D eigenvalue weighted by Crippen LogP contribution is -2.57. The second-order valence-corrected chi connectivity index (χ2v) is 8.20. The molecule has 0 spiro atoms. The molecule has 10 N–H and O–H groups in total. The summed E-state index contributed by atoms with van der Waals surface area (Å²) in [5.74, 6) is 18.5. The molecule has 1 aromatic heterocycles. The van der Waals surface area contributed by atoms with Crippen molar-refractivity contribution in [3.63, 3.8) is 0 Å². The molecule has 4 heterocycles. The van der Waals surface area contributed by atoms with Crippen molar-refractivity contribution in [1.82, 2.24) is 14.9 Å². The van der Waals surface area contributed by atoms with Gasteiger partial charge in [0.1, 0.15) is 11.6 Å². The molecule has 1 atom stereocenters. The van der Waals surface area contributed by atoms with Gasteiger partial charge in [-0.05, 0) is 56.1 Å². The monoisotopic (exact) mass is 440 g/mol. The molecule has 2 aromatic rings. The molecule has 10 nitrogen and oxygen atoms in total. The van der Waals surface area contributed by atoms with Gasteiger partial charge in [-0.2, -0.15) is 5.10 Å². The summed E-state index contributed by atoms with van der Waals surface area (Å²) in [5.41, 5.74) is 14.1. The molecule has 0 amide bonds. The van der Waals surface area contributed by atoms with E-state index in [0.29, 0.717) is 28.4 Å². The highest BCUT2D eigenvalue weighted by Crippen LogP contribution is 2.30. The molecule has 32 heavy (non-hydrogen) atoms. The van der Waals surface area contributed by atoms with E-state index in [1.807, 2.05) is 0 Å². The van der Waals surface area contributed by atoms with E-state index in [9.17, 15) is 4.39 Å². The third-order valence-electron chi connectivity index (χ3n) is 6.22. The minimum absolute atomic E-state index is 0.109. The van der Waals surface area contributed by atoms with Crippen LogP contribution in [0.4, 0.5) is 15.9 Å². The van der Waals surface area contributed by atoms with Gasteiger partial charge in [-0.25, -0.2) is 21.1 Å². The Morgan fingerprint density at radius 3 is 2.59 bits per heavy atom. The van der Waals surface area contributed by atoms with E-state index < -0.39 is 5.82 Å². The molecule has 3 aliphatic heterocycles. The largest absolute Gasteiger partial charge is 0.397 e. The highest BCUT2D eigenvalue weighted by molar-refractivity contribution is 6.11. The number of rotatable bonds is 5. The molecule has 5 rings (SSSR count). The number of hydrazone groups is 1. The number of pyridine rings is 1. The molecule has 3 fully saturated rings. The Morgan fingerprint density at radius 1 is 1.22 bits per heavy atom. The van der Waals surface area contributed by atoms with Gasteiger partial charge >= 0.3 is 0 Å². The predicted molar refractivity (Wildman–Crippen MR) is 124 cm³/mol. The standard InChI is InChI=1S/C21H29FN10/c22-15-2-1-3-16(9-15)32(27)21(29-25)17-8-14(10-28-20(17)24)18(23)11-31(26)19-12-30-6-4-13(19)5-7-30/h1-3,8-11,13,19H,4-7,12,23,25-27H2,(H2,24,28)/b18-11-,29-21-. The summed E-state index contributed by atoms with van der Waals surface area (Å²) in [7, 11) is 0. The lowest BCUT2D eigenvalue weighted by Gasteiger charge is -2.47. The number of aromatic nitrogens is 1. The van der Waals surface area contributed by atoms with Crippen molar-refractivity contribution < 1.29 is 4.39 Å². The van der Waals surface area contributed by atoms with Crippen LogP contribution in [0.25, 0.3) is 5.70 Å². The quantitative estimate of drug-likeness (QED) is 0.191. The third kappa shape index (κ3) is 4.31. The predicted octanol–water partition coefficient (Wildman–Crippen LogP) is 0.331. The highest BCUT2D eigenvalue weighted by Gasteiger charge is 2.36. The van der Waals surface area contributed by atoms with E-state index in [1.165, 1.54) is 18.2 Å². The van der Waals surface area contributed by atoms with Crippen LogP contribution in [0.1, 0.15) is 24.0 Å². The molecular weight excluding hydrogens is 411 g/mol. The summed E-state index contributed by atoms with van der Waals surface area (Å²) >= 11 is 0. The topological polar surface area (TPSA) is 165 Å². The first kappa shape index (κ1) is 21.8. The lowest BCUT2D eigenvalue weighted by molar-refractivity contribution is 0.0256. The SMILES string of the molecule is N/N=C(/c1cc(/C(N)=C/N(N)C2CN3CCC2CC3)cnc1N)N(N)c1cccc(F)c1. The number of hydrogen-bond acceptors (Lipinski definition) is 9. The number of hydrazine groups is 2. The number of nitrogens with two attached hydrogens (primary N) is 5. The Hall–Kier alpha value is -3.41. The average molecular weight is 441 g/mol. The number of fused-ring (bicyclic) bond motifs is 3. The van der Waals surface area contributed by atoms with Gasteiger partial charge in [0.2, 0.25) is 0 Å². The first-order valence-electron chi connectivity index (χ1n) is 10.4. The fourth-order valence-corrected chi connectivity index (χ4v) is 4.42. The van der Waals surface area contributed by atoms with Crippen LogP contribution in [0.2, 0.25) is 0 Å².